The number of carbonyl (C=O) groups is 2. The number of piperidine rings is 1. The molecule has 0 aliphatic carbocycles. The topological polar surface area (TPSA) is 83.6 Å². The van der Waals surface area contributed by atoms with Gasteiger partial charge in [0.15, 0.2) is 0 Å². The fourth-order valence-corrected chi connectivity index (χ4v) is 4.84. The van der Waals surface area contributed by atoms with E-state index in [0.29, 0.717) is 10.6 Å². The maximum atomic E-state index is 14.3. The van der Waals surface area contributed by atoms with Crippen LogP contribution in [0, 0.1) is 11.2 Å². The standard InChI is InChI=1S/C21H22ClFN2O4S/c1-15(26)25-12-10-21(11-13-25,14-16-4-2-3-5-19(16)23)20(27)24-30(28,29)18-8-6-17(22)7-9-18/h2-9H,10-14H2,1H3,(H,24,27). The number of nitrogens with one attached hydrogen (secondary N) is 1. The van der Waals surface area contributed by atoms with Gasteiger partial charge in [-0.25, -0.2) is 17.5 Å². The van der Waals surface area contributed by atoms with Crippen molar-refractivity contribution in [3.8, 4) is 0 Å². The van der Waals surface area contributed by atoms with Gasteiger partial charge in [-0.05, 0) is 55.2 Å². The minimum atomic E-state index is -4.13. The lowest BCUT2D eigenvalue weighted by atomic mass is 9.73. The minimum absolute atomic E-state index is 0.0351. The highest BCUT2D eigenvalue weighted by molar-refractivity contribution is 7.90. The van der Waals surface area contributed by atoms with Crippen molar-refractivity contribution in [2.24, 2.45) is 5.41 Å². The van der Waals surface area contributed by atoms with Gasteiger partial charge in [0.25, 0.3) is 10.0 Å². The van der Waals surface area contributed by atoms with E-state index >= 15 is 0 Å². The van der Waals surface area contributed by atoms with Crippen molar-refractivity contribution in [2.75, 3.05) is 13.1 Å². The second kappa shape index (κ2) is 8.73. The number of carbonyl (C=O) groups excluding carboxylic acids is 2. The second-order valence-electron chi connectivity index (χ2n) is 7.44. The van der Waals surface area contributed by atoms with Crippen molar-refractivity contribution in [3.63, 3.8) is 0 Å². The molecule has 3 rings (SSSR count). The molecule has 2 aromatic rings. The van der Waals surface area contributed by atoms with E-state index in [1.807, 2.05) is 0 Å². The zero-order chi connectivity index (χ0) is 21.9. The van der Waals surface area contributed by atoms with Gasteiger partial charge in [-0.2, -0.15) is 0 Å². The lowest BCUT2D eigenvalue weighted by Gasteiger charge is -2.40. The summed E-state index contributed by atoms with van der Waals surface area (Å²) in [4.78, 5) is 26.4. The highest BCUT2D eigenvalue weighted by Gasteiger charge is 2.44. The van der Waals surface area contributed by atoms with Gasteiger partial charge in [0.2, 0.25) is 11.8 Å². The molecular formula is C21H22ClFN2O4S. The van der Waals surface area contributed by atoms with Crippen molar-refractivity contribution in [1.82, 2.24) is 9.62 Å². The van der Waals surface area contributed by atoms with Crippen LogP contribution < -0.4 is 4.72 Å². The Bertz CT molecular complexity index is 1050. The SMILES string of the molecule is CC(=O)N1CCC(Cc2ccccc2F)(C(=O)NS(=O)(=O)c2ccc(Cl)cc2)CC1. The average Bonchev–Trinajstić information content (AvgIpc) is 2.70. The summed E-state index contributed by atoms with van der Waals surface area (Å²) in [6.45, 7) is 2.02. The highest BCUT2D eigenvalue weighted by Crippen LogP contribution is 2.37. The molecule has 30 heavy (non-hydrogen) atoms. The Labute approximate surface area is 180 Å². The Balaban J connectivity index is 1.89. The zero-order valence-electron chi connectivity index (χ0n) is 16.4. The molecule has 0 unspecified atom stereocenters. The third-order valence-electron chi connectivity index (χ3n) is 5.49. The number of hydrogen-bond donors (Lipinski definition) is 1. The number of likely N-dealkylation sites (tertiary alicyclic amines) is 1. The number of amides is 2. The van der Waals surface area contributed by atoms with E-state index < -0.39 is 27.2 Å². The van der Waals surface area contributed by atoms with Crippen molar-refractivity contribution >= 4 is 33.4 Å². The average molecular weight is 453 g/mol. The van der Waals surface area contributed by atoms with Gasteiger partial charge in [0.05, 0.1) is 10.3 Å². The van der Waals surface area contributed by atoms with E-state index in [0.717, 1.165) is 0 Å². The first-order valence-corrected chi connectivity index (χ1v) is 11.3. The Kier molecular flexibility index (Phi) is 6.47. The Morgan fingerprint density at radius 2 is 1.70 bits per heavy atom. The van der Waals surface area contributed by atoms with Gasteiger partial charge in [-0.15, -0.1) is 0 Å². The fourth-order valence-electron chi connectivity index (χ4n) is 3.64. The Morgan fingerprint density at radius 1 is 1.10 bits per heavy atom. The van der Waals surface area contributed by atoms with Crippen LogP contribution in [0.15, 0.2) is 53.4 Å². The first-order chi connectivity index (χ1) is 14.1. The van der Waals surface area contributed by atoms with Crippen LogP contribution in [0.5, 0.6) is 0 Å². The molecule has 0 atom stereocenters. The van der Waals surface area contributed by atoms with Gasteiger partial charge in [-0.3, -0.25) is 9.59 Å². The summed E-state index contributed by atoms with van der Waals surface area (Å²) in [5.74, 6) is -1.29. The molecule has 1 saturated heterocycles. The normalized spacial score (nSPS) is 16.2. The van der Waals surface area contributed by atoms with E-state index in [1.165, 1.54) is 37.3 Å². The molecule has 2 aromatic carbocycles. The van der Waals surface area contributed by atoms with Gasteiger partial charge in [0, 0.05) is 25.0 Å². The molecule has 160 valence electrons. The molecular weight excluding hydrogens is 431 g/mol. The minimum Gasteiger partial charge on any atom is -0.343 e. The van der Waals surface area contributed by atoms with Crippen LogP contribution in [-0.4, -0.2) is 38.2 Å². The van der Waals surface area contributed by atoms with Crippen molar-refractivity contribution in [3.05, 3.63) is 64.9 Å². The van der Waals surface area contributed by atoms with Crippen molar-refractivity contribution in [2.45, 2.75) is 31.1 Å². The molecule has 2 amide bonds. The van der Waals surface area contributed by atoms with Gasteiger partial charge >= 0.3 is 0 Å². The van der Waals surface area contributed by atoms with E-state index in [1.54, 1.807) is 23.1 Å². The predicted octanol–water partition coefficient (Wildman–Crippen LogP) is 3.16. The molecule has 9 heteroatoms. The Hall–Kier alpha value is -2.45. The van der Waals surface area contributed by atoms with Crippen LogP contribution >= 0.6 is 11.6 Å². The summed E-state index contributed by atoms with van der Waals surface area (Å²) >= 11 is 5.81. The summed E-state index contributed by atoms with van der Waals surface area (Å²) in [7, 11) is -4.13. The first-order valence-electron chi connectivity index (χ1n) is 9.45. The van der Waals surface area contributed by atoms with Gasteiger partial charge in [0.1, 0.15) is 5.82 Å². The molecule has 6 nitrogen and oxygen atoms in total. The summed E-state index contributed by atoms with van der Waals surface area (Å²) < 4.78 is 41.9. The zero-order valence-corrected chi connectivity index (χ0v) is 18.0. The molecule has 0 saturated carbocycles. The number of benzene rings is 2. The van der Waals surface area contributed by atoms with Crippen LogP contribution in [0.25, 0.3) is 0 Å². The van der Waals surface area contributed by atoms with Crippen LogP contribution in [0.1, 0.15) is 25.3 Å². The van der Waals surface area contributed by atoms with Crippen molar-refractivity contribution in [1.29, 1.82) is 0 Å². The van der Waals surface area contributed by atoms with Crippen LogP contribution in [0.2, 0.25) is 5.02 Å². The molecule has 1 aliphatic rings. The summed E-state index contributed by atoms with van der Waals surface area (Å²) in [5.41, 5.74) is -0.832. The molecule has 1 N–H and O–H groups in total. The first kappa shape index (κ1) is 22.2. The Morgan fingerprint density at radius 3 is 2.27 bits per heavy atom. The third-order valence-corrected chi connectivity index (χ3v) is 7.08. The van der Waals surface area contributed by atoms with Crippen LogP contribution in [0.4, 0.5) is 4.39 Å². The number of hydrogen-bond acceptors (Lipinski definition) is 4. The molecule has 0 radical (unpaired) electrons. The smallest absolute Gasteiger partial charge is 0.264 e. The maximum absolute atomic E-state index is 14.3. The van der Waals surface area contributed by atoms with Crippen molar-refractivity contribution < 1.29 is 22.4 Å². The second-order valence-corrected chi connectivity index (χ2v) is 9.56. The van der Waals surface area contributed by atoms with Crippen LogP contribution in [0.3, 0.4) is 0 Å². The molecule has 0 aromatic heterocycles. The summed E-state index contributed by atoms with van der Waals surface area (Å²) in [6.07, 6.45) is 0.485. The molecule has 1 heterocycles. The fraction of sp³-hybridized carbons (Fsp3) is 0.333. The lowest BCUT2D eigenvalue weighted by molar-refractivity contribution is -0.138. The third kappa shape index (κ3) is 4.82. The summed E-state index contributed by atoms with van der Waals surface area (Å²) in [5, 5.41) is 0.368. The van der Waals surface area contributed by atoms with E-state index in [-0.39, 0.29) is 43.2 Å². The number of nitrogens with zero attached hydrogens (tertiary/aromatic N) is 1. The van der Waals surface area contributed by atoms with Crippen LogP contribution in [-0.2, 0) is 26.0 Å². The monoisotopic (exact) mass is 452 g/mol. The van der Waals surface area contributed by atoms with E-state index in [4.69, 9.17) is 11.6 Å². The van der Waals surface area contributed by atoms with Gasteiger partial charge < -0.3 is 4.90 Å². The number of halogens is 2. The molecule has 0 spiro atoms. The number of rotatable bonds is 5. The maximum Gasteiger partial charge on any atom is 0.264 e. The highest BCUT2D eigenvalue weighted by atomic mass is 35.5. The lowest BCUT2D eigenvalue weighted by Crippen LogP contribution is -2.52. The van der Waals surface area contributed by atoms with E-state index in [9.17, 15) is 22.4 Å². The molecule has 1 aliphatic heterocycles. The molecule has 0 bridgehead atoms. The van der Waals surface area contributed by atoms with E-state index in [2.05, 4.69) is 4.72 Å². The predicted molar refractivity (Wildman–Crippen MR) is 111 cm³/mol. The van der Waals surface area contributed by atoms with Gasteiger partial charge in [-0.1, -0.05) is 29.8 Å². The quantitative estimate of drug-likeness (QED) is 0.755. The largest absolute Gasteiger partial charge is 0.343 e. The number of sulfonamides is 1. The molecule has 1 fully saturated rings. The summed E-state index contributed by atoms with van der Waals surface area (Å²) in [6, 6.07) is 11.5.